The molecular formula is C20H28N4. The number of rotatable bonds is 4. The number of piperidine rings is 1. The molecule has 0 aliphatic carbocycles. The van der Waals surface area contributed by atoms with Gasteiger partial charge in [0.1, 0.15) is 5.82 Å². The van der Waals surface area contributed by atoms with E-state index in [1.807, 2.05) is 13.0 Å². The Morgan fingerprint density at radius 3 is 2.50 bits per heavy atom. The molecule has 4 nitrogen and oxygen atoms in total. The number of benzene rings is 1. The lowest BCUT2D eigenvalue weighted by atomic mass is 10.0. The van der Waals surface area contributed by atoms with E-state index >= 15 is 0 Å². The number of hydrogen-bond acceptors (Lipinski definition) is 4. The van der Waals surface area contributed by atoms with Crippen molar-refractivity contribution in [2.75, 3.05) is 16.8 Å². The molecule has 0 amide bonds. The number of anilines is 3. The van der Waals surface area contributed by atoms with Gasteiger partial charge in [0, 0.05) is 30.0 Å². The molecule has 3 rings (SSSR count). The fourth-order valence-electron chi connectivity index (χ4n) is 3.63. The SMILES string of the molecule is CCC1CCCCN1c1nc(C)cc(Nc2cc(C)cc(C)c2)n1. The summed E-state index contributed by atoms with van der Waals surface area (Å²) in [7, 11) is 0. The van der Waals surface area contributed by atoms with Gasteiger partial charge in [0.05, 0.1) is 0 Å². The van der Waals surface area contributed by atoms with Crippen molar-refractivity contribution in [3.05, 3.63) is 41.1 Å². The van der Waals surface area contributed by atoms with Crippen molar-refractivity contribution < 1.29 is 0 Å². The molecule has 1 fully saturated rings. The summed E-state index contributed by atoms with van der Waals surface area (Å²) in [5.74, 6) is 1.75. The Labute approximate surface area is 145 Å². The smallest absolute Gasteiger partial charge is 0.227 e. The Bertz CT molecular complexity index is 691. The highest BCUT2D eigenvalue weighted by Gasteiger charge is 2.23. The fourth-order valence-corrected chi connectivity index (χ4v) is 3.63. The van der Waals surface area contributed by atoms with Crippen molar-refractivity contribution in [1.82, 2.24) is 9.97 Å². The van der Waals surface area contributed by atoms with E-state index in [1.54, 1.807) is 0 Å². The van der Waals surface area contributed by atoms with Gasteiger partial charge in [-0.05, 0) is 69.7 Å². The second-order valence-electron chi connectivity index (χ2n) is 6.95. The van der Waals surface area contributed by atoms with Gasteiger partial charge in [0.2, 0.25) is 5.95 Å². The molecule has 128 valence electrons. The first kappa shape index (κ1) is 16.7. The Morgan fingerprint density at radius 1 is 1.04 bits per heavy atom. The molecule has 2 aromatic rings. The molecule has 0 bridgehead atoms. The summed E-state index contributed by atoms with van der Waals surface area (Å²) in [6.07, 6.45) is 4.94. The van der Waals surface area contributed by atoms with Crippen LogP contribution in [0.25, 0.3) is 0 Å². The molecule has 1 N–H and O–H groups in total. The van der Waals surface area contributed by atoms with Crippen LogP contribution in [0.4, 0.5) is 17.5 Å². The van der Waals surface area contributed by atoms with E-state index in [1.165, 1.54) is 30.4 Å². The van der Waals surface area contributed by atoms with Gasteiger partial charge < -0.3 is 10.2 Å². The van der Waals surface area contributed by atoms with Gasteiger partial charge >= 0.3 is 0 Å². The van der Waals surface area contributed by atoms with Crippen LogP contribution < -0.4 is 10.2 Å². The van der Waals surface area contributed by atoms with Crippen LogP contribution in [-0.2, 0) is 0 Å². The standard InChI is InChI=1S/C20H28N4/c1-5-18-8-6-7-9-24(18)20-21-16(4)13-19(23-20)22-17-11-14(2)10-15(3)12-17/h10-13,18H,5-9H2,1-4H3,(H,21,22,23). The first-order valence-corrected chi connectivity index (χ1v) is 9.03. The molecule has 24 heavy (non-hydrogen) atoms. The summed E-state index contributed by atoms with van der Waals surface area (Å²) in [4.78, 5) is 11.9. The van der Waals surface area contributed by atoms with E-state index in [9.17, 15) is 0 Å². The largest absolute Gasteiger partial charge is 0.340 e. The van der Waals surface area contributed by atoms with Gasteiger partial charge in [-0.15, -0.1) is 0 Å². The van der Waals surface area contributed by atoms with Gasteiger partial charge in [-0.3, -0.25) is 0 Å². The van der Waals surface area contributed by atoms with E-state index in [2.05, 4.69) is 49.2 Å². The topological polar surface area (TPSA) is 41.1 Å². The highest BCUT2D eigenvalue weighted by Crippen LogP contribution is 2.26. The van der Waals surface area contributed by atoms with E-state index in [-0.39, 0.29) is 0 Å². The first-order valence-electron chi connectivity index (χ1n) is 9.03. The van der Waals surface area contributed by atoms with Crippen LogP contribution in [-0.4, -0.2) is 22.6 Å². The zero-order chi connectivity index (χ0) is 17.1. The fraction of sp³-hybridized carbons (Fsp3) is 0.500. The molecule has 4 heteroatoms. The van der Waals surface area contributed by atoms with Crippen molar-refractivity contribution in [2.45, 2.75) is 59.4 Å². The molecular weight excluding hydrogens is 296 g/mol. The molecule has 2 heterocycles. The maximum absolute atomic E-state index is 4.81. The predicted molar refractivity (Wildman–Crippen MR) is 101 cm³/mol. The second-order valence-corrected chi connectivity index (χ2v) is 6.95. The maximum Gasteiger partial charge on any atom is 0.227 e. The van der Waals surface area contributed by atoms with E-state index in [4.69, 9.17) is 9.97 Å². The van der Waals surface area contributed by atoms with Crippen LogP contribution in [0.5, 0.6) is 0 Å². The molecule has 0 radical (unpaired) electrons. The molecule has 1 saturated heterocycles. The molecule has 1 aromatic heterocycles. The molecule has 0 spiro atoms. The zero-order valence-corrected chi connectivity index (χ0v) is 15.3. The highest BCUT2D eigenvalue weighted by atomic mass is 15.3. The summed E-state index contributed by atoms with van der Waals surface area (Å²) in [6.45, 7) is 9.60. The van der Waals surface area contributed by atoms with Crippen LogP contribution in [0.15, 0.2) is 24.3 Å². The predicted octanol–water partition coefficient (Wildman–Crippen LogP) is 4.91. The number of aryl methyl sites for hydroxylation is 3. The van der Waals surface area contributed by atoms with E-state index in [0.29, 0.717) is 6.04 Å². The van der Waals surface area contributed by atoms with Crippen molar-refractivity contribution in [1.29, 1.82) is 0 Å². The zero-order valence-electron chi connectivity index (χ0n) is 15.3. The van der Waals surface area contributed by atoms with E-state index < -0.39 is 0 Å². The van der Waals surface area contributed by atoms with Crippen LogP contribution >= 0.6 is 0 Å². The lowest BCUT2D eigenvalue weighted by Gasteiger charge is -2.35. The van der Waals surface area contributed by atoms with Gasteiger partial charge in [0.15, 0.2) is 0 Å². The third kappa shape index (κ3) is 3.86. The van der Waals surface area contributed by atoms with Crippen LogP contribution in [0.3, 0.4) is 0 Å². The lowest BCUT2D eigenvalue weighted by molar-refractivity contribution is 0.443. The van der Waals surface area contributed by atoms with Gasteiger partial charge in [-0.2, -0.15) is 4.98 Å². The average molecular weight is 324 g/mol. The molecule has 1 atom stereocenters. The summed E-state index contributed by atoms with van der Waals surface area (Å²) >= 11 is 0. The molecule has 1 aliphatic heterocycles. The van der Waals surface area contributed by atoms with Crippen molar-refractivity contribution in [2.24, 2.45) is 0 Å². The molecule has 1 aliphatic rings. The normalized spacial score (nSPS) is 17.8. The van der Waals surface area contributed by atoms with Crippen molar-refractivity contribution in [3.63, 3.8) is 0 Å². The molecule has 1 unspecified atom stereocenters. The lowest BCUT2D eigenvalue weighted by Crippen LogP contribution is -2.40. The minimum absolute atomic E-state index is 0.564. The first-order chi connectivity index (χ1) is 11.5. The number of aromatic nitrogens is 2. The van der Waals surface area contributed by atoms with E-state index in [0.717, 1.165) is 36.1 Å². The summed E-state index contributed by atoms with van der Waals surface area (Å²) in [5.41, 5.74) is 4.60. The average Bonchev–Trinajstić information content (AvgIpc) is 2.53. The third-order valence-electron chi connectivity index (χ3n) is 4.69. The Morgan fingerprint density at radius 2 is 1.79 bits per heavy atom. The number of nitrogens with one attached hydrogen (secondary N) is 1. The van der Waals surface area contributed by atoms with Gasteiger partial charge in [-0.1, -0.05) is 13.0 Å². The summed E-state index contributed by atoms with van der Waals surface area (Å²) < 4.78 is 0. The van der Waals surface area contributed by atoms with Crippen LogP contribution in [0, 0.1) is 20.8 Å². The molecule has 1 aromatic carbocycles. The van der Waals surface area contributed by atoms with Gasteiger partial charge in [-0.25, -0.2) is 4.98 Å². The highest BCUT2D eigenvalue weighted by molar-refractivity contribution is 5.59. The van der Waals surface area contributed by atoms with Crippen LogP contribution in [0.1, 0.15) is 49.4 Å². The monoisotopic (exact) mass is 324 g/mol. The third-order valence-corrected chi connectivity index (χ3v) is 4.69. The van der Waals surface area contributed by atoms with Crippen molar-refractivity contribution >= 4 is 17.5 Å². The minimum atomic E-state index is 0.564. The van der Waals surface area contributed by atoms with Crippen LogP contribution in [0.2, 0.25) is 0 Å². The summed E-state index contributed by atoms with van der Waals surface area (Å²) in [6, 6.07) is 9.07. The number of nitrogens with zero attached hydrogens (tertiary/aromatic N) is 3. The Kier molecular flexibility index (Phi) is 5.03. The minimum Gasteiger partial charge on any atom is -0.340 e. The quantitative estimate of drug-likeness (QED) is 0.867. The van der Waals surface area contributed by atoms with Gasteiger partial charge in [0.25, 0.3) is 0 Å². The summed E-state index contributed by atoms with van der Waals surface area (Å²) in [5, 5.41) is 3.46. The number of hydrogen-bond donors (Lipinski definition) is 1. The Balaban J connectivity index is 1.88. The Hall–Kier alpha value is -2.10. The maximum atomic E-state index is 4.81. The molecule has 0 saturated carbocycles. The second kappa shape index (κ2) is 7.20. The van der Waals surface area contributed by atoms with Crippen molar-refractivity contribution in [3.8, 4) is 0 Å².